The number of aromatic hydroxyl groups is 1. The fourth-order valence-electron chi connectivity index (χ4n) is 2.31. The van der Waals surface area contributed by atoms with E-state index in [-0.39, 0.29) is 16.8 Å². The lowest BCUT2D eigenvalue weighted by molar-refractivity contribution is -0.135. The first kappa shape index (κ1) is 15.3. The zero-order valence-electron chi connectivity index (χ0n) is 12.3. The van der Waals surface area contributed by atoms with Gasteiger partial charge in [0.2, 0.25) is 0 Å². The maximum Gasteiger partial charge on any atom is 0.322 e. The second kappa shape index (κ2) is 6.29. The molecular formula is C16H12N4O4. The Morgan fingerprint density at radius 3 is 2.50 bits per heavy atom. The summed E-state index contributed by atoms with van der Waals surface area (Å²) in [6, 6.07) is 4.97. The van der Waals surface area contributed by atoms with Gasteiger partial charge < -0.3 is 15.5 Å². The fourth-order valence-corrected chi connectivity index (χ4v) is 2.31. The molecule has 0 radical (unpaired) electrons. The molecule has 1 amide bonds. The van der Waals surface area contributed by atoms with Gasteiger partial charge in [-0.2, -0.15) is 0 Å². The first-order valence-corrected chi connectivity index (χ1v) is 6.95. The Hall–Kier alpha value is -3.55. The molecule has 24 heavy (non-hydrogen) atoms. The Morgan fingerprint density at radius 1 is 1.08 bits per heavy atom. The van der Waals surface area contributed by atoms with E-state index in [1.54, 1.807) is 30.6 Å². The van der Waals surface area contributed by atoms with E-state index in [0.717, 1.165) is 0 Å². The summed E-state index contributed by atoms with van der Waals surface area (Å²) >= 11 is 0. The molecule has 0 saturated heterocycles. The summed E-state index contributed by atoms with van der Waals surface area (Å²) in [7, 11) is 0. The van der Waals surface area contributed by atoms with Crippen LogP contribution in [-0.2, 0) is 4.79 Å². The van der Waals surface area contributed by atoms with Gasteiger partial charge in [-0.05, 0) is 23.8 Å². The normalized spacial score (nSPS) is 10.5. The molecule has 2 heterocycles. The Morgan fingerprint density at radius 2 is 1.79 bits per heavy atom. The van der Waals surface area contributed by atoms with Crippen LogP contribution in [0.4, 0.5) is 0 Å². The van der Waals surface area contributed by atoms with Crippen LogP contribution in [0.3, 0.4) is 0 Å². The van der Waals surface area contributed by atoms with Gasteiger partial charge in [-0.1, -0.05) is 0 Å². The number of pyridine rings is 1. The summed E-state index contributed by atoms with van der Waals surface area (Å²) < 4.78 is 0. The van der Waals surface area contributed by atoms with Crippen molar-refractivity contribution in [3.05, 3.63) is 48.5 Å². The van der Waals surface area contributed by atoms with Crippen LogP contribution in [0.2, 0.25) is 0 Å². The molecule has 3 rings (SSSR count). The predicted octanol–water partition coefficient (Wildman–Crippen LogP) is 1.21. The molecule has 0 unspecified atom stereocenters. The van der Waals surface area contributed by atoms with Crippen LogP contribution >= 0.6 is 0 Å². The summed E-state index contributed by atoms with van der Waals surface area (Å²) in [5.41, 5.74) is 1.50. The zero-order valence-corrected chi connectivity index (χ0v) is 12.3. The van der Waals surface area contributed by atoms with Crippen molar-refractivity contribution < 1.29 is 19.8 Å². The smallest absolute Gasteiger partial charge is 0.322 e. The highest BCUT2D eigenvalue weighted by Gasteiger charge is 2.21. The van der Waals surface area contributed by atoms with Gasteiger partial charge in [0.1, 0.15) is 23.4 Å². The average Bonchev–Trinajstić information content (AvgIpc) is 2.60. The van der Waals surface area contributed by atoms with E-state index >= 15 is 0 Å². The summed E-state index contributed by atoms with van der Waals surface area (Å²) in [5.74, 6) is -2.23. The number of carbonyl (C=O) groups excluding carboxylic acids is 1. The van der Waals surface area contributed by atoms with Crippen LogP contribution in [0.15, 0.2) is 43.0 Å². The first-order chi connectivity index (χ1) is 11.6. The van der Waals surface area contributed by atoms with Crippen LogP contribution in [0, 0.1) is 0 Å². The van der Waals surface area contributed by atoms with Crippen molar-refractivity contribution in [1.29, 1.82) is 0 Å². The number of aliphatic carboxylic acids is 1. The second-order valence-electron chi connectivity index (χ2n) is 4.88. The highest BCUT2D eigenvalue weighted by molar-refractivity contribution is 6.10. The molecule has 3 aromatic rings. The van der Waals surface area contributed by atoms with E-state index in [0.29, 0.717) is 16.6 Å². The molecule has 2 aromatic heterocycles. The van der Waals surface area contributed by atoms with Gasteiger partial charge in [-0.15, -0.1) is 0 Å². The minimum atomic E-state index is -1.19. The maximum atomic E-state index is 12.4. The topological polar surface area (TPSA) is 125 Å². The number of phenolic OH excluding ortho intramolecular Hbond substituents is 1. The number of carboxylic acid groups (broad SMARTS) is 1. The minimum absolute atomic E-state index is 0.117. The molecule has 0 aliphatic carbocycles. The average molecular weight is 324 g/mol. The van der Waals surface area contributed by atoms with E-state index in [1.807, 2.05) is 0 Å². The number of aromatic nitrogens is 3. The van der Waals surface area contributed by atoms with Gasteiger partial charge in [0, 0.05) is 30.4 Å². The monoisotopic (exact) mass is 324 g/mol. The number of carboxylic acids is 1. The number of phenols is 1. The van der Waals surface area contributed by atoms with E-state index in [9.17, 15) is 14.7 Å². The molecule has 0 fully saturated rings. The number of amides is 1. The summed E-state index contributed by atoms with van der Waals surface area (Å²) in [6.07, 6.45) is 5.97. The molecule has 8 heteroatoms. The lowest BCUT2D eigenvalue weighted by Crippen LogP contribution is -2.29. The van der Waals surface area contributed by atoms with Gasteiger partial charge in [0.25, 0.3) is 5.91 Å². The lowest BCUT2D eigenvalue weighted by Gasteiger charge is -2.12. The quantitative estimate of drug-likeness (QED) is 0.658. The van der Waals surface area contributed by atoms with Gasteiger partial charge in [0.05, 0.1) is 5.52 Å². The zero-order chi connectivity index (χ0) is 17.1. The highest BCUT2D eigenvalue weighted by atomic mass is 16.4. The second-order valence-corrected chi connectivity index (χ2v) is 4.88. The van der Waals surface area contributed by atoms with Crippen molar-refractivity contribution in [2.45, 2.75) is 0 Å². The molecular weight excluding hydrogens is 312 g/mol. The van der Waals surface area contributed by atoms with Crippen LogP contribution in [-0.4, -0.2) is 43.6 Å². The summed E-state index contributed by atoms with van der Waals surface area (Å²) in [4.78, 5) is 35.2. The lowest BCUT2D eigenvalue weighted by atomic mass is 10.00. The maximum absolute atomic E-state index is 12.4. The largest absolute Gasteiger partial charge is 0.506 e. The van der Waals surface area contributed by atoms with Gasteiger partial charge in [-0.25, -0.2) is 0 Å². The third-order valence-corrected chi connectivity index (χ3v) is 3.35. The molecule has 3 N–H and O–H groups in total. The van der Waals surface area contributed by atoms with Crippen LogP contribution in [0.1, 0.15) is 10.4 Å². The van der Waals surface area contributed by atoms with Crippen molar-refractivity contribution in [2.24, 2.45) is 0 Å². The van der Waals surface area contributed by atoms with Crippen LogP contribution in [0.5, 0.6) is 5.75 Å². The van der Waals surface area contributed by atoms with Crippen molar-refractivity contribution in [3.63, 3.8) is 0 Å². The number of rotatable bonds is 4. The van der Waals surface area contributed by atoms with Crippen LogP contribution < -0.4 is 5.32 Å². The third-order valence-electron chi connectivity index (χ3n) is 3.35. The molecule has 8 nitrogen and oxygen atoms in total. The van der Waals surface area contributed by atoms with E-state index in [1.165, 1.54) is 12.4 Å². The van der Waals surface area contributed by atoms with Crippen LogP contribution in [0.25, 0.3) is 22.2 Å². The molecule has 0 saturated carbocycles. The molecule has 0 atom stereocenters. The van der Waals surface area contributed by atoms with Gasteiger partial charge >= 0.3 is 5.97 Å². The van der Waals surface area contributed by atoms with Crippen molar-refractivity contribution in [3.8, 4) is 16.9 Å². The predicted molar refractivity (Wildman–Crippen MR) is 84.4 cm³/mol. The Labute approximate surface area is 135 Å². The van der Waals surface area contributed by atoms with Gasteiger partial charge in [0.15, 0.2) is 0 Å². The number of carbonyl (C=O) groups is 2. The number of hydrogen-bond acceptors (Lipinski definition) is 6. The Kier molecular flexibility index (Phi) is 4.02. The van der Waals surface area contributed by atoms with E-state index in [2.05, 4.69) is 20.3 Å². The number of fused-ring (bicyclic) bond motifs is 1. The molecule has 0 spiro atoms. The van der Waals surface area contributed by atoms with Crippen molar-refractivity contribution in [1.82, 2.24) is 20.3 Å². The molecule has 0 aliphatic heterocycles. The van der Waals surface area contributed by atoms with Crippen molar-refractivity contribution in [2.75, 3.05) is 6.54 Å². The summed E-state index contributed by atoms with van der Waals surface area (Å²) in [5, 5.41) is 21.5. The number of hydrogen-bond donors (Lipinski definition) is 3. The van der Waals surface area contributed by atoms with Gasteiger partial charge in [-0.3, -0.25) is 24.5 Å². The molecule has 120 valence electrons. The van der Waals surface area contributed by atoms with E-state index in [4.69, 9.17) is 5.11 Å². The number of nitrogens with one attached hydrogen (secondary N) is 1. The molecule has 0 aliphatic rings. The molecule has 1 aromatic carbocycles. The summed E-state index contributed by atoms with van der Waals surface area (Å²) in [6.45, 7) is -0.570. The standard InChI is InChI=1S/C16H12N4O4/c21-12(22)8-20-16(24)13-14-11(18-5-6-19-14)7-10(15(13)23)9-1-3-17-4-2-9/h1-7,23H,8H2,(H,20,24)(H,21,22). The number of nitrogens with zero attached hydrogens (tertiary/aromatic N) is 3. The SMILES string of the molecule is O=C(O)CNC(=O)c1c(O)c(-c2ccncc2)cc2nccnc12. The molecule has 0 bridgehead atoms. The third kappa shape index (κ3) is 2.84. The number of benzene rings is 1. The highest BCUT2D eigenvalue weighted by Crippen LogP contribution is 2.36. The first-order valence-electron chi connectivity index (χ1n) is 6.95. The van der Waals surface area contributed by atoms with Crippen molar-refractivity contribution >= 4 is 22.9 Å². The fraction of sp³-hybridized carbons (Fsp3) is 0.0625. The Balaban J connectivity index is 2.20. The van der Waals surface area contributed by atoms with E-state index < -0.39 is 18.4 Å². The minimum Gasteiger partial charge on any atom is -0.506 e. The Bertz CT molecular complexity index is 928.